The van der Waals surface area contributed by atoms with E-state index in [1.165, 1.54) is 0 Å². The molecule has 0 saturated heterocycles. The molecule has 0 amide bonds. The number of hydrogen-bond acceptors (Lipinski definition) is 3. The van der Waals surface area contributed by atoms with Crippen molar-refractivity contribution in [2.45, 2.75) is 32.9 Å². The van der Waals surface area contributed by atoms with Crippen molar-refractivity contribution in [1.29, 1.82) is 0 Å². The zero-order valence-electron chi connectivity index (χ0n) is 7.09. The lowest BCUT2D eigenvalue weighted by atomic mass is 9.81. The quantitative estimate of drug-likeness (QED) is 0.429. The van der Waals surface area contributed by atoms with Gasteiger partial charge >= 0.3 is 0 Å². The molecular formula is C7H13BO3. The largest absolute Gasteiger partial charge is 0.368 e. The molecule has 0 bridgehead atoms. The molecule has 0 aromatic heterocycles. The lowest BCUT2D eigenvalue weighted by Gasteiger charge is -2.22. The molecule has 0 saturated carbocycles. The van der Waals surface area contributed by atoms with Gasteiger partial charge in [0.15, 0.2) is 19.3 Å². The van der Waals surface area contributed by atoms with E-state index < -0.39 is 11.5 Å². The Labute approximate surface area is 67.8 Å². The summed E-state index contributed by atoms with van der Waals surface area (Å²) in [4.78, 5) is 10.9. The zero-order valence-corrected chi connectivity index (χ0v) is 7.09. The van der Waals surface area contributed by atoms with Crippen LogP contribution in [-0.2, 0) is 4.79 Å². The van der Waals surface area contributed by atoms with Gasteiger partial charge in [-0.15, -0.1) is 0 Å². The van der Waals surface area contributed by atoms with E-state index in [1.807, 2.05) is 20.8 Å². The van der Waals surface area contributed by atoms with Crippen molar-refractivity contribution in [2.75, 3.05) is 0 Å². The van der Waals surface area contributed by atoms with E-state index in [0.29, 0.717) is 0 Å². The summed E-state index contributed by atoms with van der Waals surface area (Å²) in [6, 6.07) is 0. The van der Waals surface area contributed by atoms with Gasteiger partial charge in [-0.05, 0) is 5.41 Å². The Morgan fingerprint density at radius 2 is 1.73 bits per heavy atom. The number of Topliss-reactive ketones (excluding diaryl/α,β-unsaturated/α-hetero) is 1. The molecular weight excluding hydrogens is 143 g/mol. The molecule has 3 nitrogen and oxygen atoms in total. The summed E-state index contributed by atoms with van der Waals surface area (Å²) in [5, 5.41) is 17.3. The fraction of sp³-hybridized carbons (Fsp3) is 0.857. The summed E-state index contributed by atoms with van der Waals surface area (Å²) >= 11 is 0. The van der Waals surface area contributed by atoms with Crippen LogP contribution in [0.3, 0.4) is 0 Å². The molecule has 0 spiro atoms. The van der Waals surface area contributed by atoms with Crippen LogP contribution in [-0.4, -0.2) is 29.5 Å². The standard InChI is InChI=1S/C7H13BO3/c1-6(2,3)4-5(9)7(8,10)11/h10-11H,4H2,1-3H3. The molecule has 0 aliphatic heterocycles. The van der Waals surface area contributed by atoms with Gasteiger partial charge in [0.25, 0.3) is 0 Å². The third-order valence-corrected chi connectivity index (χ3v) is 1.10. The van der Waals surface area contributed by atoms with Gasteiger partial charge in [0.2, 0.25) is 0 Å². The molecule has 2 N–H and O–H groups in total. The third-order valence-electron chi connectivity index (χ3n) is 1.10. The maximum Gasteiger partial charge on any atom is 0.180 e. The normalized spacial score (nSPS) is 13.2. The molecule has 0 aliphatic carbocycles. The van der Waals surface area contributed by atoms with Gasteiger partial charge in [0.1, 0.15) is 0 Å². The number of ketones is 1. The van der Waals surface area contributed by atoms with Gasteiger partial charge < -0.3 is 10.2 Å². The molecule has 0 rings (SSSR count). The van der Waals surface area contributed by atoms with Gasteiger partial charge in [-0.3, -0.25) is 4.79 Å². The van der Waals surface area contributed by atoms with Crippen molar-refractivity contribution in [3.63, 3.8) is 0 Å². The van der Waals surface area contributed by atoms with Gasteiger partial charge in [-0.25, -0.2) is 0 Å². The highest BCUT2D eigenvalue weighted by Gasteiger charge is 2.29. The maximum absolute atomic E-state index is 10.9. The van der Waals surface area contributed by atoms with Crippen LogP contribution in [0.15, 0.2) is 0 Å². The first kappa shape index (κ1) is 10.7. The highest BCUT2D eigenvalue weighted by Crippen LogP contribution is 2.20. The van der Waals surface area contributed by atoms with Crippen LogP contribution in [0.2, 0.25) is 0 Å². The third kappa shape index (κ3) is 4.98. The van der Waals surface area contributed by atoms with Crippen LogP contribution in [0.4, 0.5) is 0 Å². The van der Waals surface area contributed by atoms with Crippen LogP contribution >= 0.6 is 0 Å². The smallest absolute Gasteiger partial charge is 0.180 e. The van der Waals surface area contributed by atoms with E-state index in [2.05, 4.69) is 0 Å². The lowest BCUT2D eigenvalue weighted by Crippen LogP contribution is -2.40. The minimum atomic E-state index is -2.67. The van der Waals surface area contributed by atoms with Crippen molar-refractivity contribution < 1.29 is 15.0 Å². The maximum atomic E-state index is 10.9. The zero-order chi connectivity index (χ0) is 9.28. The lowest BCUT2D eigenvalue weighted by molar-refractivity contribution is -0.157. The first-order chi connectivity index (χ1) is 4.63. The number of carbonyl (C=O) groups is 1. The first-order valence-electron chi connectivity index (χ1n) is 3.40. The van der Waals surface area contributed by atoms with Gasteiger partial charge in [-0.2, -0.15) is 0 Å². The Hall–Kier alpha value is -0.345. The number of aliphatic hydroxyl groups is 2. The van der Waals surface area contributed by atoms with Crippen LogP contribution in [0, 0.1) is 5.41 Å². The molecule has 0 aromatic carbocycles. The van der Waals surface area contributed by atoms with Crippen LogP contribution < -0.4 is 0 Å². The predicted molar refractivity (Wildman–Crippen MR) is 42.0 cm³/mol. The van der Waals surface area contributed by atoms with Gasteiger partial charge in [-0.1, -0.05) is 20.8 Å². The number of hydrogen-bond donors (Lipinski definition) is 2. The van der Waals surface area contributed by atoms with Crippen LogP contribution in [0.5, 0.6) is 0 Å². The van der Waals surface area contributed by atoms with Crippen molar-refractivity contribution in [3.8, 4) is 0 Å². The van der Waals surface area contributed by atoms with E-state index >= 15 is 0 Å². The molecule has 0 unspecified atom stereocenters. The van der Waals surface area contributed by atoms with Gasteiger partial charge in [0.05, 0.1) is 0 Å². The second-order valence-electron chi connectivity index (χ2n) is 3.89. The van der Waals surface area contributed by atoms with Gasteiger partial charge in [0, 0.05) is 6.42 Å². The molecule has 0 aliphatic rings. The average Bonchev–Trinajstić information content (AvgIpc) is 1.56. The fourth-order valence-electron chi connectivity index (χ4n) is 0.612. The highest BCUT2D eigenvalue weighted by atomic mass is 16.5. The topological polar surface area (TPSA) is 57.5 Å². The van der Waals surface area contributed by atoms with E-state index in [-0.39, 0.29) is 11.8 Å². The first-order valence-corrected chi connectivity index (χ1v) is 3.40. The van der Waals surface area contributed by atoms with E-state index in [0.717, 1.165) is 0 Å². The van der Waals surface area contributed by atoms with E-state index in [1.54, 1.807) is 0 Å². The second kappa shape index (κ2) is 2.95. The molecule has 2 radical (unpaired) electrons. The SMILES string of the molecule is [B]C(O)(O)C(=O)CC(C)(C)C. The Morgan fingerprint density at radius 1 is 1.36 bits per heavy atom. The Kier molecular flexibility index (Phi) is 2.86. The molecule has 0 aromatic rings. The van der Waals surface area contributed by atoms with Crippen molar-refractivity contribution in [1.82, 2.24) is 0 Å². The summed E-state index contributed by atoms with van der Waals surface area (Å²) in [7, 11) is 4.75. The Morgan fingerprint density at radius 3 is 1.82 bits per heavy atom. The molecule has 0 heterocycles. The van der Waals surface area contributed by atoms with E-state index in [9.17, 15) is 4.79 Å². The minimum absolute atomic E-state index is 0.0521. The predicted octanol–water partition coefficient (Wildman–Crippen LogP) is -0.201. The monoisotopic (exact) mass is 156 g/mol. The minimum Gasteiger partial charge on any atom is -0.368 e. The average molecular weight is 156 g/mol. The molecule has 62 valence electrons. The second-order valence-corrected chi connectivity index (χ2v) is 3.89. The Bertz CT molecular complexity index is 152. The molecule has 0 fully saturated rings. The Balaban J connectivity index is 4.11. The van der Waals surface area contributed by atoms with Crippen molar-refractivity contribution in [2.24, 2.45) is 5.41 Å². The summed E-state index contributed by atoms with van der Waals surface area (Å²) < 4.78 is 0. The van der Waals surface area contributed by atoms with Crippen LogP contribution in [0.25, 0.3) is 0 Å². The summed E-state index contributed by atoms with van der Waals surface area (Å²) in [5.41, 5.74) is -2.94. The highest BCUT2D eigenvalue weighted by molar-refractivity contribution is 6.25. The molecule has 0 atom stereocenters. The number of carbonyl (C=O) groups excluding carboxylic acids is 1. The number of rotatable bonds is 2. The van der Waals surface area contributed by atoms with E-state index in [4.69, 9.17) is 18.1 Å². The van der Waals surface area contributed by atoms with Crippen molar-refractivity contribution in [3.05, 3.63) is 0 Å². The molecule has 11 heavy (non-hydrogen) atoms. The molecule has 4 heteroatoms. The summed E-state index contributed by atoms with van der Waals surface area (Å²) in [6.45, 7) is 5.45. The van der Waals surface area contributed by atoms with Crippen molar-refractivity contribution >= 4 is 13.6 Å². The fourth-order valence-corrected chi connectivity index (χ4v) is 0.612. The summed E-state index contributed by atoms with van der Waals surface area (Å²) in [6.07, 6.45) is 0.0521. The summed E-state index contributed by atoms with van der Waals surface area (Å²) in [5.74, 6) is -0.759. The van der Waals surface area contributed by atoms with Crippen LogP contribution in [0.1, 0.15) is 27.2 Å².